The van der Waals surface area contributed by atoms with Gasteiger partial charge in [0, 0.05) is 42.7 Å². The maximum absolute atomic E-state index is 5.09. The summed E-state index contributed by atoms with van der Waals surface area (Å²) >= 11 is 1.81. The van der Waals surface area contributed by atoms with Crippen molar-refractivity contribution in [3.05, 3.63) is 182 Å². The summed E-state index contributed by atoms with van der Waals surface area (Å²) in [7, 11) is 0. The zero-order valence-electron chi connectivity index (χ0n) is 28.0. The average molecular weight is 683 g/mol. The standard InChI is InChI=1S/C47H30N4S/c1-2-11-31(12-3-1)35-14-10-15-37(29-35)47-49-45(33-23-21-32(22-24-33)44-30-36-13-4-9-20-43(36)52-44)48-46(50-47)34-25-27-38(28-26-34)51-41-18-7-5-16-39(41)40-17-6-8-19-42(40)51/h1-30H. The van der Waals surface area contributed by atoms with Gasteiger partial charge in [-0.3, -0.25) is 0 Å². The monoisotopic (exact) mass is 682 g/mol. The molecule has 0 saturated carbocycles. The number of rotatable bonds is 6. The van der Waals surface area contributed by atoms with Crippen LogP contribution in [0.3, 0.4) is 0 Å². The zero-order valence-corrected chi connectivity index (χ0v) is 28.8. The molecule has 0 amide bonds. The lowest BCUT2D eigenvalue weighted by molar-refractivity contribution is 1.07. The van der Waals surface area contributed by atoms with E-state index in [1.165, 1.54) is 42.3 Å². The summed E-state index contributed by atoms with van der Waals surface area (Å²) in [6.45, 7) is 0. The van der Waals surface area contributed by atoms with Crippen molar-refractivity contribution in [3.8, 4) is 61.4 Å². The average Bonchev–Trinajstić information content (AvgIpc) is 3.81. The van der Waals surface area contributed by atoms with Gasteiger partial charge in [-0.25, -0.2) is 15.0 Å². The summed E-state index contributed by atoms with van der Waals surface area (Å²) in [5.74, 6) is 1.91. The highest BCUT2D eigenvalue weighted by atomic mass is 32.1. The molecule has 0 spiro atoms. The summed E-state index contributed by atoms with van der Waals surface area (Å²) in [4.78, 5) is 16.5. The molecule has 3 aromatic heterocycles. The molecule has 0 fully saturated rings. The molecule has 10 rings (SSSR count). The van der Waals surface area contributed by atoms with Gasteiger partial charge in [0.05, 0.1) is 11.0 Å². The van der Waals surface area contributed by atoms with Gasteiger partial charge in [-0.15, -0.1) is 11.3 Å². The molecule has 5 heteroatoms. The normalized spacial score (nSPS) is 11.5. The third-order valence-corrected chi connectivity index (χ3v) is 10.8. The SMILES string of the molecule is c1ccc(-c2cccc(-c3nc(-c4ccc(-c5cc6ccccc6s5)cc4)nc(-c4ccc(-n5c6ccccc6c6ccccc65)cc4)n3)c2)cc1. The van der Waals surface area contributed by atoms with Gasteiger partial charge in [-0.1, -0.05) is 127 Å². The third-order valence-electron chi connectivity index (χ3n) is 9.68. The van der Waals surface area contributed by atoms with Gasteiger partial charge >= 0.3 is 0 Å². The minimum absolute atomic E-state index is 0.632. The number of hydrogen-bond acceptors (Lipinski definition) is 4. The summed E-state index contributed by atoms with van der Waals surface area (Å²) < 4.78 is 3.61. The van der Waals surface area contributed by atoms with Crippen LogP contribution in [0.2, 0.25) is 0 Å². The molecular weight excluding hydrogens is 653 g/mol. The second-order valence-electron chi connectivity index (χ2n) is 12.9. The first kappa shape index (κ1) is 30.2. The molecule has 3 heterocycles. The third kappa shape index (κ3) is 5.36. The van der Waals surface area contributed by atoms with E-state index in [1.807, 2.05) is 17.4 Å². The molecule has 0 radical (unpaired) electrons. The predicted octanol–water partition coefficient (Wildman–Crippen LogP) is 12.5. The topological polar surface area (TPSA) is 43.6 Å². The van der Waals surface area contributed by atoms with Crippen LogP contribution in [0.5, 0.6) is 0 Å². The van der Waals surface area contributed by atoms with E-state index in [0.29, 0.717) is 17.5 Å². The van der Waals surface area contributed by atoms with E-state index in [9.17, 15) is 0 Å². The van der Waals surface area contributed by atoms with Crippen molar-refractivity contribution in [3.63, 3.8) is 0 Å². The first-order chi connectivity index (χ1) is 25.7. The highest BCUT2D eigenvalue weighted by Gasteiger charge is 2.16. The second kappa shape index (κ2) is 12.6. The molecule has 0 bridgehead atoms. The smallest absolute Gasteiger partial charge is 0.164 e. The van der Waals surface area contributed by atoms with E-state index in [-0.39, 0.29) is 0 Å². The van der Waals surface area contributed by atoms with Gasteiger partial charge in [-0.05, 0) is 76.7 Å². The molecule has 10 aromatic rings. The van der Waals surface area contributed by atoms with Crippen LogP contribution >= 0.6 is 11.3 Å². The minimum atomic E-state index is 0.632. The van der Waals surface area contributed by atoms with Gasteiger partial charge in [0.1, 0.15) is 0 Å². The number of aromatic nitrogens is 4. The Balaban J connectivity index is 1.08. The van der Waals surface area contributed by atoms with Crippen LogP contribution in [-0.4, -0.2) is 19.5 Å². The number of hydrogen-bond donors (Lipinski definition) is 0. The molecule has 0 N–H and O–H groups in total. The largest absolute Gasteiger partial charge is 0.309 e. The quantitative estimate of drug-likeness (QED) is 0.175. The maximum Gasteiger partial charge on any atom is 0.164 e. The molecule has 0 unspecified atom stereocenters. The Labute approximate surface area is 305 Å². The van der Waals surface area contributed by atoms with Crippen LogP contribution in [0.15, 0.2) is 182 Å². The molecule has 244 valence electrons. The summed E-state index contributed by atoms with van der Waals surface area (Å²) in [6, 6.07) is 63.9. The van der Waals surface area contributed by atoms with Crippen molar-refractivity contribution in [2.24, 2.45) is 0 Å². The molecule has 4 nitrogen and oxygen atoms in total. The Morgan fingerprint density at radius 1 is 0.365 bits per heavy atom. The Morgan fingerprint density at radius 3 is 1.56 bits per heavy atom. The van der Waals surface area contributed by atoms with Gasteiger partial charge in [0.15, 0.2) is 17.5 Å². The summed E-state index contributed by atoms with van der Waals surface area (Å²) in [5.41, 5.74) is 9.69. The molecule has 7 aromatic carbocycles. The molecule has 0 atom stereocenters. The van der Waals surface area contributed by atoms with Crippen molar-refractivity contribution >= 4 is 43.2 Å². The van der Waals surface area contributed by atoms with E-state index in [1.54, 1.807) is 0 Å². The Kier molecular flexibility index (Phi) is 7.29. The number of thiophene rings is 1. The van der Waals surface area contributed by atoms with Crippen LogP contribution in [0, 0.1) is 0 Å². The van der Waals surface area contributed by atoms with E-state index in [0.717, 1.165) is 33.5 Å². The first-order valence-electron chi connectivity index (χ1n) is 17.4. The summed E-state index contributed by atoms with van der Waals surface area (Å²) in [5, 5.41) is 3.75. The predicted molar refractivity (Wildman–Crippen MR) is 217 cm³/mol. The van der Waals surface area contributed by atoms with Gasteiger partial charge in [-0.2, -0.15) is 0 Å². The fourth-order valence-corrected chi connectivity index (χ4v) is 8.17. The Hall–Kier alpha value is -6.69. The molecule has 0 aliphatic heterocycles. The number of nitrogens with zero attached hydrogens (tertiary/aromatic N) is 4. The summed E-state index contributed by atoms with van der Waals surface area (Å²) in [6.07, 6.45) is 0. The highest BCUT2D eigenvalue weighted by Crippen LogP contribution is 2.36. The van der Waals surface area contributed by atoms with E-state index >= 15 is 0 Å². The first-order valence-corrected chi connectivity index (χ1v) is 18.2. The van der Waals surface area contributed by atoms with Crippen LogP contribution < -0.4 is 0 Å². The van der Waals surface area contributed by atoms with Gasteiger partial charge in [0.2, 0.25) is 0 Å². The fourth-order valence-electron chi connectivity index (χ4n) is 7.10. The molecule has 0 aliphatic rings. The number of para-hydroxylation sites is 2. The second-order valence-corrected chi connectivity index (χ2v) is 14.0. The van der Waals surface area contributed by atoms with Crippen molar-refractivity contribution in [1.29, 1.82) is 0 Å². The van der Waals surface area contributed by atoms with E-state index in [4.69, 9.17) is 15.0 Å². The highest BCUT2D eigenvalue weighted by molar-refractivity contribution is 7.22. The van der Waals surface area contributed by atoms with Crippen molar-refractivity contribution in [2.75, 3.05) is 0 Å². The Bertz CT molecular complexity index is 2800. The van der Waals surface area contributed by atoms with Crippen LogP contribution in [0.1, 0.15) is 0 Å². The number of fused-ring (bicyclic) bond motifs is 4. The lowest BCUT2D eigenvalue weighted by atomic mass is 10.0. The molecular formula is C47H30N4S. The van der Waals surface area contributed by atoms with Crippen LogP contribution in [-0.2, 0) is 0 Å². The molecule has 0 aliphatic carbocycles. The van der Waals surface area contributed by atoms with E-state index < -0.39 is 0 Å². The lowest BCUT2D eigenvalue weighted by Gasteiger charge is -2.11. The van der Waals surface area contributed by atoms with Crippen molar-refractivity contribution < 1.29 is 0 Å². The van der Waals surface area contributed by atoms with Gasteiger partial charge < -0.3 is 4.57 Å². The Morgan fingerprint density at radius 2 is 0.885 bits per heavy atom. The van der Waals surface area contributed by atoms with Crippen LogP contribution in [0.25, 0.3) is 93.3 Å². The van der Waals surface area contributed by atoms with Crippen molar-refractivity contribution in [1.82, 2.24) is 19.5 Å². The number of benzene rings is 7. The van der Waals surface area contributed by atoms with Crippen LogP contribution in [0.4, 0.5) is 0 Å². The maximum atomic E-state index is 5.09. The lowest BCUT2D eigenvalue weighted by Crippen LogP contribution is -2.01. The zero-order chi connectivity index (χ0) is 34.4. The van der Waals surface area contributed by atoms with E-state index in [2.05, 4.69) is 180 Å². The van der Waals surface area contributed by atoms with Gasteiger partial charge in [0.25, 0.3) is 0 Å². The minimum Gasteiger partial charge on any atom is -0.309 e. The fraction of sp³-hybridized carbons (Fsp3) is 0. The van der Waals surface area contributed by atoms with Crippen molar-refractivity contribution in [2.45, 2.75) is 0 Å². The molecule has 52 heavy (non-hydrogen) atoms. The molecule has 0 saturated heterocycles.